The van der Waals surface area contributed by atoms with Gasteiger partial charge in [-0.3, -0.25) is 14.9 Å². The standard InChI is InChI=1S/C24H28Cl2N4O5S/c1-6-35-21(33)24(5)20(32)27-10-11-30(24)19(31)13-12-16(23(2,3)4)36-18(13)29-22(34)28-15-9-7-8-14(25)17(15)26/h7-9,12H,6,10-11H2,1-5H3,(H,27,32)(H2,28,29,34). The van der Waals surface area contributed by atoms with Crippen molar-refractivity contribution in [2.45, 2.75) is 45.6 Å². The molecule has 0 bridgehead atoms. The summed E-state index contributed by atoms with van der Waals surface area (Å²) in [5.41, 5.74) is -1.74. The number of anilines is 2. The Morgan fingerprint density at radius 1 is 1.22 bits per heavy atom. The van der Waals surface area contributed by atoms with Crippen LogP contribution in [-0.2, 0) is 19.7 Å². The number of carbonyl (C=O) groups excluding carboxylic acids is 4. The van der Waals surface area contributed by atoms with Crippen molar-refractivity contribution < 1.29 is 23.9 Å². The minimum atomic E-state index is -1.86. The van der Waals surface area contributed by atoms with Crippen LogP contribution >= 0.6 is 34.5 Å². The molecule has 3 rings (SSSR count). The summed E-state index contributed by atoms with van der Waals surface area (Å²) < 4.78 is 5.12. The molecule has 1 saturated heterocycles. The third-order valence-electron chi connectivity index (χ3n) is 5.65. The van der Waals surface area contributed by atoms with Gasteiger partial charge in [-0.1, -0.05) is 50.0 Å². The van der Waals surface area contributed by atoms with Crippen molar-refractivity contribution in [3.8, 4) is 0 Å². The first kappa shape index (κ1) is 27.8. The van der Waals surface area contributed by atoms with Gasteiger partial charge in [0.25, 0.3) is 11.8 Å². The predicted molar refractivity (Wildman–Crippen MR) is 141 cm³/mol. The number of hydrogen-bond acceptors (Lipinski definition) is 6. The number of piperazine rings is 1. The zero-order chi connectivity index (χ0) is 26.8. The molecular weight excluding hydrogens is 527 g/mol. The zero-order valence-electron chi connectivity index (χ0n) is 20.6. The molecule has 1 aromatic heterocycles. The van der Waals surface area contributed by atoms with Gasteiger partial charge in [0.2, 0.25) is 5.54 Å². The second-order valence-corrected chi connectivity index (χ2v) is 11.1. The lowest BCUT2D eigenvalue weighted by molar-refractivity contribution is -0.162. The highest BCUT2D eigenvalue weighted by Gasteiger charge is 2.52. The Morgan fingerprint density at radius 3 is 2.56 bits per heavy atom. The molecule has 4 amide bonds. The van der Waals surface area contributed by atoms with Crippen molar-refractivity contribution in [1.29, 1.82) is 0 Å². The summed E-state index contributed by atoms with van der Waals surface area (Å²) in [7, 11) is 0. The van der Waals surface area contributed by atoms with Gasteiger partial charge in [0, 0.05) is 18.0 Å². The molecule has 3 N–H and O–H groups in total. The molecule has 1 unspecified atom stereocenters. The number of carbonyl (C=O) groups is 4. The van der Waals surface area contributed by atoms with Gasteiger partial charge in [-0.25, -0.2) is 9.59 Å². The Bertz CT molecular complexity index is 1210. The number of benzene rings is 1. The number of esters is 1. The van der Waals surface area contributed by atoms with Crippen LogP contribution < -0.4 is 16.0 Å². The van der Waals surface area contributed by atoms with E-state index in [-0.39, 0.29) is 45.7 Å². The number of nitrogens with one attached hydrogen (secondary N) is 3. The SMILES string of the molecule is CCOC(=O)C1(C)C(=O)NCCN1C(=O)c1cc(C(C)(C)C)sc1NC(=O)Nc1cccc(Cl)c1Cl. The van der Waals surface area contributed by atoms with Crippen LogP contribution in [0.2, 0.25) is 10.0 Å². The highest BCUT2D eigenvalue weighted by molar-refractivity contribution is 7.16. The lowest BCUT2D eigenvalue weighted by Gasteiger charge is -2.41. The van der Waals surface area contributed by atoms with Crippen LogP contribution in [-0.4, -0.2) is 54.0 Å². The molecule has 1 fully saturated rings. The summed E-state index contributed by atoms with van der Waals surface area (Å²) in [4.78, 5) is 54.2. The molecule has 1 atom stereocenters. The smallest absolute Gasteiger partial charge is 0.341 e. The highest BCUT2D eigenvalue weighted by Crippen LogP contribution is 2.38. The second-order valence-electron chi connectivity index (χ2n) is 9.29. The van der Waals surface area contributed by atoms with Gasteiger partial charge in [0.1, 0.15) is 5.00 Å². The van der Waals surface area contributed by atoms with Gasteiger partial charge >= 0.3 is 12.0 Å². The number of rotatable bonds is 5. The van der Waals surface area contributed by atoms with Crippen molar-refractivity contribution in [1.82, 2.24) is 10.2 Å². The van der Waals surface area contributed by atoms with E-state index in [9.17, 15) is 19.2 Å². The van der Waals surface area contributed by atoms with E-state index in [4.69, 9.17) is 27.9 Å². The second kappa shape index (κ2) is 10.7. The zero-order valence-corrected chi connectivity index (χ0v) is 22.9. The van der Waals surface area contributed by atoms with Crippen molar-refractivity contribution in [2.24, 2.45) is 0 Å². The summed E-state index contributed by atoms with van der Waals surface area (Å²) in [5, 5.41) is 8.69. The Kier molecular flexibility index (Phi) is 8.22. The molecule has 0 radical (unpaired) electrons. The first-order valence-corrected chi connectivity index (χ1v) is 12.8. The van der Waals surface area contributed by atoms with E-state index in [0.717, 1.165) is 4.88 Å². The normalized spacial score (nSPS) is 17.9. The molecule has 0 aliphatic carbocycles. The topological polar surface area (TPSA) is 117 Å². The molecule has 1 aromatic carbocycles. The van der Waals surface area contributed by atoms with Crippen molar-refractivity contribution in [2.75, 3.05) is 30.3 Å². The summed E-state index contributed by atoms with van der Waals surface area (Å²) in [6, 6.07) is 5.85. The fourth-order valence-electron chi connectivity index (χ4n) is 3.59. The number of ether oxygens (including phenoxy) is 1. The fourth-order valence-corrected chi connectivity index (χ4v) is 5.04. The van der Waals surface area contributed by atoms with Crippen molar-refractivity contribution in [3.63, 3.8) is 0 Å². The summed E-state index contributed by atoms with van der Waals surface area (Å²) in [6.07, 6.45) is 0. The number of halogens is 2. The molecule has 2 heterocycles. The summed E-state index contributed by atoms with van der Waals surface area (Å²) in [5.74, 6) is -2.04. The van der Waals surface area contributed by atoms with Crippen LogP contribution in [0, 0.1) is 0 Å². The third-order valence-corrected chi connectivity index (χ3v) is 7.94. The maximum Gasteiger partial charge on any atom is 0.341 e. The number of urea groups is 1. The summed E-state index contributed by atoms with van der Waals surface area (Å²) in [6.45, 7) is 9.20. The minimum Gasteiger partial charge on any atom is -0.464 e. The van der Waals surface area contributed by atoms with Gasteiger partial charge in [0.15, 0.2) is 0 Å². The van der Waals surface area contributed by atoms with Crippen LogP contribution in [0.1, 0.15) is 49.9 Å². The quantitative estimate of drug-likeness (QED) is 0.359. The number of hydrogen-bond donors (Lipinski definition) is 3. The highest BCUT2D eigenvalue weighted by atomic mass is 35.5. The molecule has 9 nitrogen and oxygen atoms in total. The number of thiophene rings is 1. The molecule has 36 heavy (non-hydrogen) atoms. The first-order valence-electron chi connectivity index (χ1n) is 11.2. The van der Waals surface area contributed by atoms with Crippen LogP contribution in [0.15, 0.2) is 24.3 Å². The van der Waals surface area contributed by atoms with Gasteiger partial charge in [-0.15, -0.1) is 11.3 Å². The van der Waals surface area contributed by atoms with Gasteiger partial charge in [0.05, 0.1) is 27.9 Å². The van der Waals surface area contributed by atoms with Crippen LogP contribution in [0.5, 0.6) is 0 Å². The molecule has 12 heteroatoms. The molecule has 1 aliphatic heterocycles. The largest absolute Gasteiger partial charge is 0.464 e. The van der Waals surface area contributed by atoms with Crippen LogP contribution in [0.3, 0.4) is 0 Å². The van der Waals surface area contributed by atoms with Crippen LogP contribution in [0.4, 0.5) is 15.5 Å². The first-order chi connectivity index (χ1) is 16.8. The lowest BCUT2D eigenvalue weighted by atomic mass is 9.93. The predicted octanol–water partition coefficient (Wildman–Crippen LogP) is 4.89. The van der Waals surface area contributed by atoms with Crippen molar-refractivity contribution >= 4 is 69.0 Å². The Balaban J connectivity index is 1.98. The van der Waals surface area contributed by atoms with Crippen molar-refractivity contribution in [3.05, 3.63) is 44.8 Å². The van der Waals surface area contributed by atoms with E-state index in [1.807, 2.05) is 20.8 Å². The van der Waals surface area contributed by atoms with E-state index in [2.05, 4.69) is 16.0 Å². The third kappa shape index (κ3) is 5.45. The van der Waals surface area contributed by atoms with E-state index >= 15 is 0 Å². The molecular formula is C24H28Cl2N4O5S. The maximum atomic E-state index is 13.8. The average Bonchev–Trinajstić information content (AvgIpc) is 3.22. The Hall–Kier alpha value is -2.82. The number of nitrogens with zero attached hydrogens (tertiary/aromatic N) is 1. The Labute approximate surface area is 223 Å². The lowest BCUT2D eigenvalue weighted by Crippen LogP contribution is -2.69. The monoisotopic (exact) mass is 554 g/mol. The van der Waals surface area contributed by atoms with Crippen LogP contribution in [0.25, 0.3) is 0 Å². The average molecular weight is 555 g/mol. The number of amides is 4. The van der Waals surface area contributed by atoms with E-state index in [1.165, 1.54) is 23.2 Å². The molecule has 2 aromatic rings. The molecule has 194 valence electrons. The molecule has 0 spiro atoms. The van der Waals surface area contributed by atoms with Gasteiger partial charge < -0.3 is 20.3 Å². The van der Waals surface area contributed by atoms with E-state index in [1.54, 1.807) is 31.2 Å². The molecule has 1 aliphatic rings. The Morgan fingerprint density at radius 2 is 1.92 bits per heavy atom. The molecule has 0 saturated carbocycles. The van der Waals surface area contributed by atoms with E-state index in [0.29, 0.717) is 5.69 Å². The minimum absolute atomic E-state index is 0.0510. The summed E-state index contributed by atoms with van der Waals surface area (Å²) >= 11 is 13.4. The van der Waals surface area contributed by atoms with Gasteiger partial charge in [-0.05, 0) is 37.5 Å². The maximum absolute atomic E-state index is 13.8. The fraction of sp³-hybridized carbons (Fsp3) is 0.417. The van der Waals surface area contributed by atoms with Gasteiger partial charge in [-0.2, -0.15) is 0 Å². The van der Waals surface area contributed by atoms with E-state index < -0.39 is 29.4 Å².